The molecule has 1 aliphatic rings. The van der Waals surface area contributed by atoms with E-state index in [1.54, 1.807) is 6.92 Å². The summed E-state index contributed by atoms with van der Waals surface area (Å²) in [6, 6.07) is 5.21. The van der Waals surface area contributed by atoms with Crippen LogP contribution in [0, 0.1) is 5.92 Å². The predicted molar refractivity (Wildman–Crippen MR) is 73.2 cm³/mol. The summed E-state index contributed by atoms with van der Waals surface area (Å²) < 4.78 is 45.3. The first kappa shape index (κ1) is 16.6. The number of hydrogen-bond donors (Lipinski definition) is 1. The molecule has 0 saturated carbocycles. The standard InChI is InChI=1S/C15H18F3NO3/c1-10(19-14(20)12-6-8-21-9-7-12)11-2-4-13(5-3-11)22-15(16,17)18/h2-5,10,12H,6-9H2,1H3,(H,19,20). The maximum Gasteiger partial charge on any atom is 0.573 e. The third-order valence-electron chi connectivity index (χ3n) is 3.56. The number of halogens is 3. The Balaban J connectivity index is 1.91. The molecule has 1 unspecified atom stereocenters. The van der Waals surface area contributed by atoms with Crippen LogP contribution in [0.2, 0.25) is 0 Å². The highest BCUT2D eigenvalue weighted by molar-refractivity contribution is 5.79. The molecule has 4 nitrogen and oxygen atoms in total. The van der Waals surface area contributed by atoms with Gasteiger partial charge in [0.25, 0.3) is 0 Å². The molecule has 0 aliphatic carbocycles. The second kappa shape index (κ2) is 7.00. The van der Waals surface area contributed by atoms with Crippen LogP contribution in [-0.4, -0.2) is 25.5 Å². The van der Waals surface area contributed by atoms with Gasteiger partial charge in [-0.2, -0.15) is 0 Å². The fraction of sp³-hybridized carbons (Fsp3) is 0.533. The summed E-state index contributed by atoms with van der Waals surface area (Å²) in [7, 11) is 0. The van der Waals surface area contributed by atoms with Crippen molar-refractivity contribution in [3.05, 3.63) is 29.8 Å². The molecule has 0 aromatic heterocycles. The number of carbonyl (C=O) groups excluding carboxylic acids is 1. The van der Waals surface area contributed by atoms with E-state index in [0.717, 1.165) is 5.56 Å². The van der Waals surface area contributed by atoms with Crippen LogP contribution >= 0.6 is 0 Å². The van der Waals surface area contributed by atoms with Crippen molar-refractivity contribution in [2.75, 3.05) is 13.2 Å². The fourth-order valence-electron chi connectivity index (χ4n) is 2.33. The molecule has 7 heteroatoms. The summed E-state index contributed by atoms with van der Waals surface area (Å²) in [5.74, 6) is -0.394. The van der Waals surface area contributed by atoms with Gasteiger partial charge < -0.3 is 14.8 Å². The van der Waals surface area contributed by atoms with E-state index in [9.17, 15) is 18.0 Å². The lowest BCUT2D eigenvalue weighted by atomic mass is 9.98. The molecule has 1 aliphatic heterocycles. The van der Waals surface area contributed by atoms with Gasteiger partial charge in [0.1, 0.15) is 5.75 Å². The highest BCUT2D eigenvalue weighted by Gasteiger charge is 2.31. The lowest BCUT2D eigenvalue weighted by Gasteiger charge is -2.23. The maximum atomic E-state index is 12.1. The molecule has 1 aromatic carbocycles. The van der Waals surface area contributed by atoms with Crippen molar-refractivity contribution in [3.8, 4) is 5.75 Å². The van der Waals surface area contributed by atoms with Crippen LogP contribution in [0.3, 0.4) is 0 Å². The SMILES string of the molecule is CC(NC(=O)C1CCOCC1)c1ccc(OC(F)(F)F)cc1. The van der Waals surface area contributed by atoms with E-state index in [-0.39, 0.29) is 23.6 Å². The molecule has 122 valence electrons. The highest BCUT2D eigenvalue weighted by Crippen LogP contribution is 2.24. The Labute approximate surface area is 126 Å². The molecule has 22 heavy (non-hydrogen) atoms. The Morgan fingerprint density at radius 3 is 2.41 bits per heavy atom. The van der Waals surface area contributed by atoms with Gasteiger partial charge in [-0.25, -0.2) is 0 Å². The van der Waals surface area contributed by atoms with Crippen LogP contribution in [0.5, 0.6) is 5.75 Å². The highest BCUT2D eigenvalue weighted by atomic mass is 19.4. The molecule has 1 aromatic rings. The Hall–Kier alpha value is -1.76. The molecular weight excluding hydrogens is 299 g/mol. The number of hydrogen-bond acceptors (Lipinski definition) is 3. The molecule has 1 saturated heterocycles. The van der Waals surface area contributed by atoms with E-state index in [4.69, 9.17) is 4.74 Å². The van der Waals surface area contributed by atoms with Crippen molar-refractivity contribution in [1.29, 1.82) is 0 Å². The van der Waals surface area contributed by atoms with Crippen molar-refractivity contribution in [1.82, 2.24) is 5.32 Å². The van der Waals surface area contributed by atoms with Crippen molar-refractivity contribution in [3.63, 3.8) is 0 Å². The first-order chi connectivity index (χ1) is 10.3. The predicted octanol–water partition coefficient (Wildman–Crippen LogP) is 3.19. The molecule has 1 N–H and O–H groups in total. The second-order valence-corrected chi connectivity index (χ2v) is 5.23. The first-order valence-electron chi connectivity index (χ1n) is 7.09. The van der Waals surface area contributed by atoms with Crippen LogP contribution in [0.25, 0.3) is 0 Å². The van der Waals surface area contributed by atoms with Gasteiger partial charge in [-0.1, -0.05) is 12.1 Å². The van der Waals surface area contributed by atoms with Gasteiger partial charge in [-0.05, 0) is 37.5 Å². The van der Waals surface area contributed by atoms with Crippen molar-refractivity contribution >= 4 is 5.91 Å². The second-order valence-electron chi connectivity index (χ2n) is 5.23. The summed E-state index contributed by atoms with van der Waals surface area (Å²) >= 11 is 0. The molecule has 2 rings (SSSR count). The molecule has 1 amide bonds. The van der Waals surface area contributed by atoms with Crippen LogP contribution in [0.1, 0.15) is 31.4 Å². The van der Waals surface area contributed by atoms with E-state index in [2.05, 4.69) is 10.1 Å². The summed E-state index contributed by atoms with van der Waals surface area (Å²) in [5.41, 5.74) is 0.718. The van der Waals surface area contributed by atoms with Gasteiger partial charge >= 0.3 is 6.36 Å². The third kappa shape index (κ3) is 4.91. The summed E-state index contributed by atoms with van der Waals surface area (Å²) in [4.78, 5) is 12.1. The minimum atomic E-state index is -4.70. The smallest absolute Gasteiger partial charge is 0.406 e. The van der Waals surface area contributed by atoms with Gasteiger partial charge in [-0.3, -0.25) is 4.79 Å². The first-order valence-corrected chi connectivity index (χ1v) is 7.09. The Bertz CT molecular complexity index is 496. The fourth-order valence-corrected chi connectivity index (χ4v) is 2.33. The van der Waals surface area contributed by atoms with Crippen LogP contribution in [0.4, 0.5) is 13.2 Å². The molecule has 1 heterocycles. The Morgan fingerprint density at radius 1 is 1.27 bits per heavy atom. The molecule has 0 bridgehead atoms. The average molecular weight is 317 g/mol. The molecule has 0 radical (unpaired) electrons. The quantitative estimate of drug-likeness (QED) is 0.928. The normalized spacial score (nSPS) is 17.8. The lowest BCUT2D eigenvalue weighted by Crippen LogP contribution is -2.35. The lowest BCUT2D eigenvalue weighted by molar-refractivity contribution is -0.274. The number of nitrogens with one attached hydrogen (secondary N) is 1. The molecule has 1 fully saturated rings. The number of amides is 1. The van der Waals surface area contributed by atoms with E-state index >= 15 is 0 Å². The van der Waals surface area contributed by atoms with Crippen molar-refractivity contribution in [2.45, 2.75) is 32.2 Å². The van der Waals surface area contributed by atoms with Crippen molar-refractivity contribution < 1.29 is 27.4 Å². The average Bonchev–Trinajstić information content (AvgIpc) is 2.47. The molecule has 1 atom stereocenters. The maximum absolute atomic E-state index is 12.1. The number of alkyl halides is 3. The zero-order valence-electron chi connectivity index (χ0n) is 12.2. The largest absolute Gasteiger partial charge is 0.573 e. The van der Waals surface area contributed by atoms with E-state index < -0.39 is 6.36 Å². The number of benzene rings is 1. The van der Waals surface area contributed by atoms with Gasteiger partial charge in [0, 0.05) is 19.1 Å². The Kier molecular flexibility index (Phi) is 5.28. The van der Waals surface area contributed by atoms with Crippen LogP contribution in [-0.2, 0) is 9.53 Å². The van der Waals surface area contributed by atoms with E-state index in [1.807, 2.05) is 0 Å². The number of carbonyl (C=O) groups is 1. The van der Waals surface area contributed by atoms with Gasteiger partial charge in [-0.15, -0.1) is 13.2 Å². The monoisotopic (exact) mass is 317 g/mol. The van der Waals surface area contributed by atoms with Gasteiger partial charge in [0.05, 0.1) is 6.04 Å². The topological polar surface area (TPSA) is 47.6 Å². The van der Waals surface area contributed by atoms with Crippen molar-refractivity contribution in [2.24, 2.45) is 5.92 Å². The van der Waals surface area contributed by atoms with Gasteiger partial charge in [0.2, 0.25) is 5.91 Å². The van der Waals surface area contributed by atoms with Crippen LogP contribution in [0.15, 0.2) is 24.3 Å². The van der Waals surface area contributed by atoms with E-state index in [0.29, 0.717) is 26.1 Å². The Morgan fingerprint density at radius 2 is 1.86 bits per heavy atom. The van der Waals surface area contributed by atoms with Gasteiger partial charge in [0.15, 0.2) is 0 Å². The summed E-state index contributed by atoms with van der Waals surface area (Å²) in [5, 5.41) is 2.88. The third-order valence-corrected chi connectivity index (χ3v) is 3.56. The molecule has 0 spiro atoms. The minimum Gasteiger partial charge on any atom is -0.406 e. The zero-order valence-corrected chi connectivity index (χ0v) is 12.2. The van der Waals surface area contributed by atoms with E-state index in [1.165, 1.54) is 24.3 Å². The molecular formula is C15H18F3NO3. The summed E-state index contributed by atoms with van der Waals surface area (Å²) in [6.45, 7) is 2.95. The number of rotatable bonds is 4. The minimum absolute atomic E-state index is 0.0496. The summed E-state index contributed by atoms with van der Waals surface area (Å²) in [6.07, 6.45) is -3.32. The number of ether oxygens (including phenoxy) is 2. The zero-order chi connectivity index (χ0) is 16.2. The van der Waals surface area contributed by atoms with Crippen LogP contribution < -0.4 is 10.1 Å².